The first-order valence-electron chi connectivity index (χ1n) is 6.54. The molecule has 0 spiro atoms. The zero-order chi connectivity index (χ0) is 15.0. The van der Waals surface area contributed by atoms with Gasteiger partial charge >= 0.3 is 5.97 Å². The summed E-state index contributed by atoms with van der Waals surface area (Å²) in [6, 6.07) is 5.85. The molecule has 6 heteroatoms. The Labute approximate surface area is 123 Å². The van der Waals surface area contributed by atoms with Crippen molar-refractivity contribution in [1.29, 1.82) is 0 Å². The number of hydrogen-bond acceptors (Lipinski definition) is 3. The quantitative estimate of drug-likeness (QED) is 0.644. The van der Waals surface area contributed by atoms with Crippen LogP contribution in [0.15, 0.2) is 24.3 Å². The summed E-state index contributed by atoms with van der Waals surface area (Å²) < 4.78 is 0. The van der Waals surface area contributed by atoms with Crippen molar-refractivity contribution >= 4 is 29.2 Å². The molecule has 20 heavy (non-hydrogen) atoms. The van der Waals surface area contributed by atoms with Crippen molar-refractivity contribution in [3.63, 3.8) is 0 Å². The van der Waals surface area contributed by atoms with Crippen LogP contribution in [0.5, 0.6) is 0 Å². The zero-order valence-electron chi connectivity index (χ0n) is 11.4. The van der Waals surface area contributed by atoms with E-state index in [1.165, 1.54) is 0 Å². The van der Waals surface area contributed by atoms with Gasteiger partial charge in [0.25, 0.3) is 0 Å². The van der Waals surface area contributed by atoms with Crippen LogP contribution in [0.2, 0.25) is 5.02 Å². The van der Waals surface area contributed by atoms with Gasteiger partial charge in [-0.3, -0.25) is 9.59 Å². The van der Waals surface area contributed by atoms with Crippen molar-refractivity contribution in [2.24, 2.45) is 0 Å². The summed E-state index contributed by atoms with van der Waals surface area (Å²) in [4.78, 5) is 22.9. The van der Waals surface area contributed by atoms with Crippen LogP contribution >= 0.6 is 11.6 Å². The fraction of sp³-hybridized carbons (Fsp3) is 0.429. The minimum Gasteiger partial charge on any atom is -0.480 e. The normalized spacial score (nSPS) is 11.9. The van der Waals surface area contributed by atoms with Gasteiger partial charge in [-0.05, 0) is 31.2 Å². The van der Waals surface area contributed by atoms with Gasteiger partial charge in [0, 0.05) is 10.7 Å². The van der Waals surface area contributed by atoms with Crippen molar-refractivity contribution in [2.75, 3.05) is 11.9 Å². The van der Waals surface area contributed by atoms with Crippen molar-refractivity contribution in [3.8, 4) is 0 Å². The largest absolute Gasteiger partial charge is 0.480 e. The third kappa shape index (κ3) is 6.04. The summed E-state index contributed by atoms with van der Waals surface area (Å²) in [5, 5.41) is 15.1. The average Bonchev–Trinajstić information content (AvgIpc) is 2.37. The lowest BCUT2D eigenvalue weighted by atomic mass is 10.2. The Morgan fingerprint density at radius 1 is 1.40 bits per heavy atom. The summed E-state index contributed by atoms with van der Waals surface area (Å²) in [6.45, 7) is 2.60. The molecule has 1 atom stereocenters. The van der Waals surface area contributed by atoms with Gasteiger partial charge in [0.15, 0.2) is 0 Å². The molecule has 0 heterocycles. The molecule has 1 rings (SSSR count). The van der Waals surface area contributed by atoms with E-state index in [1.54, 1.807) is 24.3 Å². The number of nitrogens with one attached hydrogen (secondary N) is 2. The Kier molecular flexibility index (Phi) is 7.04. The van der Waals surface area contributed by atoms with Gasteiger partial charge in [0.2, 0.25) is 5.91 Å². The molecule has 0 saturated carbocycles. The Bertz CT molecular complexity index is 465. The summed E-state index contributed by atoms with van der Waals surface area (Å²) in [7, 11) is 0. The molecule has 0 aliphatic heterocycles. The van der Waals surface area contributed by atoms with Gasteiger partial charge in [-0.25, -0.2) is 0 Å². The molecule has 0 aliphatic rings. The Hall–Kier alpha value is -1.59. The molecule has 5 nitrogen and oxygen atoms in total. The number of carboxylic acid groups (broad SMARTS) is 1. The molecule has 1 amide bonds. The molecule has 0 unspecified atom stereocenters. The summed E-state index contributed by atoms with van der Waals surface area (Å²) in [5.41, 5.74) is 0.556. The number of carbonyl (C=O) groups excluding carboxylic acids is 1. The minimum absolute atomic E-state index is 0.119. The highest BCUT2D eigenvalue weighted by Gasteiger charge is 2.20. The molecule has 0 bridgehead atoms. The van der Waals surface area contributed by atoms with E-state index in [9.17, 15) is 9.59 Å². The maximum atomic E-state index is 11.8. The highest BCUT2D eigenvalue weighted by atomic mass is 35.5. The van der Waals surface area contributed by atoms with Crippen molar-refractivity contribution in [3.05, 3.63) is 29.3 Å². The standard InChI is InChI=1S/C14H19ClN2O3/c1-2-3-7-16-12(14(19)20)9-13(18)17-11-6-4-5-10(15)8-11/h4-6,8,12,16H,2-3,7,9H2,1H3,(H,17,18)(H,19,20)/t12-/m1/s1. The van der Waals surface area contributed by atoms with E-state index in [2.05, 4.69) is 10.6 Å². The number of carbonyl (C=O) groups is 2. The van der Waals surface area contributed by atoms with E-state index in [0.717, 1.165) is 12.8 Å². The first kappa shape index (κ1) is 16.5. The molecule has 1 aromatic rings. The summed E-state index contributed by atoms with van der Waals surface area (Å²) >= 11 is 5.81. The molecule has 0 saturated heterocycles. The highest BCUT2D eigenvalue weighted by molar-refractivity contribution is 6.30. The summed E-state index contributed by atoms with van der Waals surface area (Å²) in [5.74, 6) is -1.38. The maximum absolute atomic E-state index is 11.8. The van der Waals surface area contributed by atoms with Crippen LogP contribution in [0, 0.1) is 0 Å². The molecule has 3 N–H and O–H groups in total. The fourth-order valence-electron chi connectivity index (χ4n) is 1.66. The number of unbranched alkanes of at least 4 members (excludes halogenated alkanes) is 1. The lowest BCUT2D eigenvalue weighted by molar-refractivity contribution is -0.141. The number of benzene rings is 1. The number of aliphatic carboxylic acids is 1. The third-order valence-electron chi connectivity index (χ3n) is 2.72. The van der Waals surface area contributed by atoms with Gasteiger partial charge in [-0.2, -0.15) is 0 Å². The second kappa shape index (κ2) is 8.55. The number of amides is 1. The lowest BCUT2D eigenvalue weighted by Crippen LogP contribution is -2.40. The van der Waals surface area contributed by atoms with Gasteiger partial charge < -0.3 is 15.7 Å². The van der Waals surface area contributed by atoms with Crippen LogP contribution in [0.4, 0.5) is 5.69 Å². The molecule has 1 aromatic carbocycles. The number of anilines is 1. The first-order valence-corrected chi connectivity index (χ1v) is 6.92. The number of hydrogen-bond donors (Lipinski definition) is 3. The van der Waals surface area contributed by atoms with Crippen LogP contribution in [0.1, 0.15) is 26.2 Å². The predicted molar refractivity (Wildman–Crippen MR) is 79.0 cm³/mol. The molecule has 0 radical (unpaired) electrons. The molecule has 0 fully saturated rings. The first-order chi connectivity index (χ1) is 9.52. The van der Waals surface area contributed by atoms with E-state index in [-0.39, 0.29) is 12.3 Å². The number of carboxylic acids is 1. The van der Waals surface area contributed by atoms with Gasteiger partial charge in [-0.1, -0.05) is 31.0 Å². The molecule has 0 aromatic heterocycles. The molecule has 0 aliphatic carbocycles. The van der Waals surface area contributed by atoms with E-state index >= 15 is 0 Å². The highest BCUT2D eigenvalue weighted by Crippen LogP contribution is 2.15. The Morgan fingerprint density at radius 2 is 2.15 bits per heavy atom. The maximum Gasteiger partial charge on any atom is 0.321 e. The minimum atomic E-state index is -1.03. The molecular formula is C14H19ClN2O3. The van der Waals surface area contributed by atoms with Gasteiger partial charge in [0.05, 0.1) is 6.42 Å². The average molecular weight is 299 g/mol. The van der Waals surface area contributed by atoms with E-state index in [1.807, 2.05) is 6.92 Å². The van der Waals surface area contributed by atoms with E-state index < -0.39 is 12.0 Å². The predicted octanol–water partition coefficient (Wildman–Crippen LogP) is 2.51. The van der Waals surface area contributed by atoms with Crippen LogP contribution in [-0.2, 0) is 9.59 Å². The molecular weight excluding hydrogens is 280 g/mol. The van der Waals surface area contributed by atoms with Gasteiger partial charge in [-0.15, -0.1) is 0 Å². The van der Waals surface area contributed by atoms with Gasteiger partial charge in [0.1, 0.15) is 6.04 Å². The smallest absolute Gasteiger partial charge is 0.321 e. The fourth-order valence-corrected chi connectivity index (χ4v) is 1.85. The third-order valence-corrected chi connectivity index (χ3v) is 2.95. The number of halogens is 1. The van der Waals surface area contributed by atoms with Crippen molar-refractivity contribution in [2.45, 2.75) is 32.2 Å². The monoisotopic (exact) mass is 298 g/mol. The lowest BCUT2D eigenvalue weighted by Gasteiger charge is -2.14. The number of rotatable bonds is 8. The van der Waals surface area contributed by atoms with E-state index in [0.29, 0.717) is 17.3 Å². The van der Waals surface area contributed by atoms with Crippen LogP contribution in [0.25, 0.3) is 0 Å². The topological polar surface area (TPSA) is 78.4 Å². The summed E-state index contributed by atoms with van der Waals surface area (Å²) in [6.07, 6.45) is 1.72. The van der Waals surface area contributed by atoms with Crippen LogP contribution in [-0.4, -0.2) is 29.6 Å². The zero-order valence-corrected chi connectivity index (χ0v) is 12.1. The second-order valence-corrected chi connectivity index (χ2v) is 4.90. The second-order valence-electron chi connectivity index (χ2n) is 4.46. The Morgan fingerprint density at radius 3 is 2.75 bits per heavy atom. The SMILES string of the molecule is CCCCN[C@H](CC(=O)Nc1cccc(Cl)c1)C(=O)O. The molecule has 110 valence electrons. The van der Waals surface area contributed by atoms with Crippen LogP contribution in [0.3, 0.4) is 0 Å². The van der Waals surface area contributed by atoms with E-state index in [4.69, 9.17) is 16.7 Å². The van der Waals surface area contributed by atoms with Crippen molar-refractivity contribution in [1.82, 2.24) is 5.32 Å². The Balaban J connectivity index is 2.51. The van der Waals surface area contributed by atoms with Crippen molar-refractivity contribution < 1.29 is 14.7 Å². The van der Waals surface area contributed by atoms with Crippen LogP contribution < -0.4 is 10.6 Å².